The molecule has 1 heterocycles. The summed E-state index contributed by atoms with van der Waals surface area (Å²) in [6.45, 7) is 0.331. The van der Waals surface area contributed by atoms with E-state index in [9.17, 15) is 13.6 Å². The predicted molar refractivity (Wildman–Crippen MR) is 73.1 cm³/mol. The normalized spacial score (nSPS) is 10.7. The van der Waals surface area contributed by atoms with Crippen molar-refractivity contribution in [1.82, 2.24) is 14.7 Å². The number of halogens is 3. The van der Waals surface area contributed by atoms with E-state index in [1.165, 1.54) is 4.90 Å². The van der Waals surface area contributed by atoms with Crippen molar-refractivity contribution in [3.8, 4) is 0 Å². The molecule has 4 nitrogen and oxygen atoms in total. The molecule has 0 aliphatic heterocycles. The first-order chi connectivity index (χ1) is 9.38. The third-order valence-electron chi connectivity index (χ3n) is 2.77. The molecule has 7 heteroatoms. The summed E-state index contributed by atoms with van der Waals surface area (Å²) >= 11 is 3.07. The van der Waals surface area contributed by atoms with Gasteiger partial charge in [0.1, 0.15) is 0 Å². The second kappa shape index (κ2) is 5.70. The van der Waals surface area contributed by atoms with Gasteiger partial charge in [-0.1, -0.05) is 0 Å². The monoisotopic (exact) mass is 343 g/mol. The van der Waals surface area contributed by atoms with E-state index >= 15 is 0 Å². The maximum Gasteiger partial charge on any atom is 0.255 e. The molecule has 2 aromatic rings. The highest BCUT2D eigenvalue weighted by molar-refractivity contribution is 9.10. The zero-order valence-corrected chi connectivity index (χ0v) is 12.5. The summed E-state index contributed by atoms with van der Waals surface area (Å²) in [5.74, 6) is -2.45. The van der Waals surface area contributed by atoms with Gasteiger partial charge in [0.05, 0.1) is 11.8 Å². The van der Waals surface area contributed by atoms with Crippen molar-refractivity contribution in [2.45, 2.75) is 6.54 Å². The topological polar surface area (TPSA) is 38.1 Å². The van der Waals surface area contributed by atoms with Gasteiger partial charge in [0.15, 0.2) is 11.6 Å². The SMILES string of the molecule is CN(Cc1cnn(C)c1)C(=O)c1cc(F)c(F)cc1Br. The van der Waals surface area contributed by atoms with E-state index < -0.39 is 17.5 Å². The van der Waals surface area contributed by atoms with Gasteiger partial charge in [-0.2, -0.15) is 5.10 Å². The molecule has 1 aromatic carbocycles. The van der Waals surface area contributed by atoms with Gasteiger partial charge in [-0.15, -0.1) is 0 Å². The maximum absolute atomic E-state index is 13.2. The summed E-state index contributed by atoms with van der Waals surface area (Å²) in [5.41, 5.74) is 0.928. The van der Waals surface area contributed by atoms with Crippen LogP contribution < -0.4 is 0 Å². The van der Waals surface area contributed by atoms with Gasteiger partial charge >= 0.3 is 0 Å². The van der Waals surface area contributed by atoms with E-state index in [4.69, 9.17) is 0 Å². The molecule has 0 saturated heterocycles. The van der Waals surface area contributed by atoms with Crippen molar-refractivity contribution < 1.29 is 13.6 Å². The van der Waals surface area contributed by atoms with Crippen LogP contribution in [0.1, 0.15) is 15.9 Å². The molecule has 0 spiro atoms. The molecule has 0 atom stereocenters. The molecule has 1 aromatic heterocycles. The highest BCUT2D eigenvalue weighted by atomic mass is 79.9. The van der Waals surface area contributed by atoms with E-state index in [0.717, 1.165) is 17.7 Å². The van der Waals surface area contributed by atoms with Crippen LogP contribution in [0, 0.1) is 11.6 Å². The molecule has 0 radical (unpaired) electrons. The van der Waals surface area contributed by atoms with Crippen LogP contribution >= 0.6 is 15.9 Å². The lowest BCUT2D eigenvalue weighted by Crippen LogP contribution is -2.26. The summed E-state index contributed by atoms with van der Waals surface area (Å²) in [6.07, 6.45) is 3.42. The second-order valence-electron chi connectivity index (χ2n) is 4.43. The van der Waals surface area contributed by atoms with Crippen LogP contribution in [0.2, 0.25) is 0 Å². The lowest BCUT2D eigenvalue weighted by molar-refractivity contribution is 0.0783. The van der Waals surface area contributed by atoms with Gasteiger partial charge in [-0.3, -0.25) is 9.48 Å². The van der Waals surface area contributed by atoms with Crippen LogP contribution in [0.4, 0.5) is 8.78 Å². The number of nitrogens with zero attached hydrogens (tertiary/aromatic N) is 3. The van der Waals surface area contributed by atoms with Crippen molar-refractivity contribution in [2.24, 2.45) is 7.05 Å². The lowest BCUT2D eigenvalue weighted by atomic mass is 10.2. The zero-order chi connectivity index (χ0) is 14.9. The Morgan fingerprint density at radius 2 is 2.05 bits per heavy atom. The molecule has 0 saturated carbocycles. The minimum Gasteiger partial charge on any atom is -0.337 e. The van der Waals surface area contributed by atoms with Crippen molar-refractivity contribution in [2.75, 3.05) is 7.05 Å². The van der Waals surface area contributed by atoms with E-state index in [2.05, 4.69) is 21.0 Å². The minimum atomic E-state index is -1.05. The summed E-state index contributed by atoms with van der Waals surface area (Å²) < 4.78 is 28.1. The first-order valence-corrected chi connectivity index (χ1v) is 6.55. The molecular formula is C13H12BrF2N3O. The molecule has 2 rings (SSSR count). The Hall–Kier alpha value is -1.76. The fraction of sp³-hybridized carbons (Fsp3) is 0.231. The molecular weight excluding hydrogens is 332 g/mol. The van der Waals surface area contributed by atoms with Gasteiger partial charge in [-0.05, 0) is 28.1 Å². The van der Waals surface area contributed by atoms with Crippen LogP contribution in [-0.4, -0.2) is 27.6 Å². The summed E-state index contributed by atoms with van der Waals surface area (Å²) in [5, 5.41) is 4.00. The van der Waals surface area contributed by atoms with Gasteiger partial charge < -0.3 is 4.90 Å². The number of amides is 1. The van der Waals surface area contributed by atoms with Crippen molar-refractivity contribution in [3.05, 3.63) is 51.8 Å². The average molecular weight is 344 g/mol. The number of aromatic nitrogens is 2. The first-order valence-electron chi connectivity index (χ1n) is 5.76. The third kappa shape index (κ3) is 3.04. The molecule has 0 fully saturated rings. The summed E-state index contributed by atoms with van der Waals surface area (Å²) in [7, 11) is 3.36. The van der Waals surface area contributed by atoms with Gasteiger partial charge in [0.25, 0.3) is 5.91 Å². The zero-order valence-electron chi connectivity index (χ0n) is 10.9. The Morgan fingerprint density at radius 3 is 2.65 bits per heavy atom. The quantitative estimate of drug-likeness (QED) is 0.803. The largest absolute Gasteiger partial charge is 0.337 e. The van der Waals surface area contributed by atoms with E-state index in [1.807, 2.05) is 0 Å². The third-order valence-corrected chi connectivity index (χ3v) is 3.42. The molecule has 0 aliphatic carbocycles. The Labute approximate surface area is 123 Å². The minimum absolute atomic E-state index is 0.0790. The summed E-state index contributed by atoms with van der Waals surface area (Å²) in [4.78, 5) is 13.6. The first kappa shape index (κ1) is 14.6. The van der Waals surface area contributed by atoms with E-state index in [1.54, 1.807) is 31.2 Å². The number of carbonyl (C=O) groups excluding carboxylic acids is 1. The predicted octanol–water partition coefficient (Wildman–Crippen LogP) is 2.73. The second-order valence-corrected chi connectivity index (χ2v) is 5.28. The van der Waals surface area contributed by atoms with Crippen LogP contribution in [0.25, 0.3) is 0 Å². The highest BCUT2D eigenvalue weighted by Crippen LogP contribution is 2.22. The van der Waals surface area contributed by atoms with Crippen LogP contribution in [0.15, 0.2) is 29.0 Å². The Kier molecular flexibility index (Phi) is 4.17. The maximum atomic E-state index is 13.2. The van der Waals surface area contributed by atoms with Crippen LogP contribution in [0.3, 0.4) is 0 Å². The average Bonchev–Trinajstić information content (AvgIpc) is 2.78. The van der Waals surface area contributed by atoms with Crippen LogP contribution in [0.5, 0.6) is 0 Å². The molecule has 0 N–H and O–H groups in total. The smallest absolute Gasteiger partial charge is 0.255 e. The summed E-state index contributed by atoms with van der Waals surface area (Å²) in [6, 6.07) is 1.84. The van der Waals surface area contributed by atoms with Gasteiger partial charge in [0.2, 0.25) is 0 Å². The number of benzene rings is 1. The molecule has 20 heavy (non-hydrogen) atoms. The van der Waals surface area contributed by atoms with Gasteiger partial charge in [0, 0.05) is 36.9 Å². The highest BCUT2D eigenvalue weighted by Gasteiger charge is 2.18. The molecule has 1 amide bonds. The number of aryl methyl sites for hydroxylation is 1. The molecule has 0 aliphatic rings. The lowest BCUT2D eigenvalue weighted by Gasteiger charge is -2.17. The Morgan fingerprint density at radius 1 is 1.40 bits per heavy atom. The van der Waals surface area contributed by atoms with Crippen molar-refractivity contribution >= 4 is 21.8 Å². The number of carbonyl (C=O) groups is 1. The fourth-order valence-electron chi connectivity index (χ4n) is 1.79. The molecule has 106 valence electrons. The van der Waals surface area contributed by atoms with E-state index in [0.29, 0.717) is 6.54 Å². The Bertz CT molecular complexity index is 657. The van der Waals surface area contributed by atoms with Crippen molar-refractivity contribution in [1.29, 1.82) is 0 Å². The fourth-order valence-corrected chi connectivity index (χ4v) is 2.28. The van der Waals surface area contributed by atoms with Gasteiger partial charge in [-0.25, -0.2) is 8.78 Å². The van der Waals surface area contributed by atoms with E-state index in [-0.39, 0.29) is 10.0 Å². The molecule has 0 bridgehead atoms. The Balaban J connectivity index is 2.20. The van der Waals surface area contributed by atoms with Crippen LogP contribution in [-0.2, 0) is 13.6 Å². The number of hydrogen-bond acceptors (Lipinski definition) is 2. The van der Waals surface area contributed by atoms with Crippen molar-refractivity contribution in [3.63, 3.8) is 0 Å². The molecule has 0 unspecified atom stereocenters. The standard InChI is InChI=1S/C13H12BrF2N3O/c1-18(6-8-5-17-19(2)7-8)13(20)9-3-11(15)12(16)4-10(9)14/h3-5,7H,6H2,1-2H3. The number of rotatable bonds is 3. The number of hydrogen-bond donors (Lipinski definition) is 0.